The van der Waals surface area contributed by atoms with Gasteiger partial charge in [0.05, 0.1) is 30.7 Å². The minimum Gasteiger partial charge on any atom is -0.466 e. The van der Waals surface area contributed by atoms with E-state index in [0.717, 1.165) is 4.90 Å². The van der Waals surface area contributed by atoms with Crippen LogP contribution in [0.25, 0.3) is 0 Å². The van der Waals surface area contributed by atoms with E-state index < -0.39 is 11.9 Å². The summed E-state index contributed by atoms with van der Waals surface area (Å²) in [6.07, 6.45) is 1.30. The lowest BCUT2D eigenvalue weighted by Gasteiger charge is -2.33. The molecule has 0 aliphatic carbocycles. The molecule has 0 N–H and O–H groups in total. The number of carbonyl (C=O) groups excluding carboxylic acids is 3. The van der Waals surface area contributed by atoms with E-state index >= 15 is 0 Å². The maximum absolute atomic E-state index is 13.4. The van der Waals surface area contributed by atoms with Crippen LogP contribution in [0.5, 0.6) is 0 Å². The molecule has 1 aromatic rings. The molecule has 0 unspecified atom stereocenters. The third kappa shape index (κ3) is 3.56. The topological polar surface area (TPSA) is 66.9 Å². The molecule has 0 spiro atoms. The zero-order valence-electron chi connectivity index (χ0n) is 14.1. The van der Waals surface area contributed by atoms with Gasteiger partial charge in [-0.1, -0.05) is 6.07 Å². The van der Waals surface area contributed by atoms with Gasteiger partial charge in [0.1, 0.15) is 5.82 Å². The summed E-state index contributed by atoms with van der Waals surface area (Å²) in [5, 5.41) is 0. The summed E-state index contributed by atoms with van der Waals surface area (Å²) in [5.41, 5.74) is 0.263. The molecule has 0 aromatic heterocycles. The van der Waals surface area contributed by atoms with E-state index in [9.17, 15) is 18.8 Å². The fraction of sp³-hybridized carbons (Fsp3) is 0.500. The van der Waals surface area contributed by atoms with Crippen LogP contribution in [0.2, 0.25) is 0 Å². The van der Waals surface area contributed by atoms with Crippen LogP contribution in [0.3, 0.4) is 0 Å². The number of ether oxygens (including phenoxy) is 1. The number of rotatable bonds is 4. The number of amides is 2. The van der Waals surface area contributed by atoms with E-state index in [-0.39, 0.29) is 35.8 Å². The van der Waals surface area contributed by atoms with Crippen molar-refractivity contribution >= 4 is 23.5 Å². The van der Waals surface area contributed by atoms with Gasteiger partial charge in [-0.05, 0) is 51.1 Å². The first kappa shape index (κ1) is 17.5. The molecule has 7 heteroatoms. The van der Waals surface area contributed by atoms with Gasteiger partial charge in [0, 0.05) is 0 Å². The Balaban J connectivity index is 1.66. The lowest BCUT2D eigenvalue weighted by molar-refractivity contribution is -0.149. The zero-order valence-corrected chi connectivity index (χ0v) is 14.1. The number of nitrogens with zero attached hydrogens (tertiary/aromatic N) is 2. The van der Waals surface area contributed by atoms with Gasteiger partial charge in [0.25, 0.3) is 5.91 Å². The predicted molar refractivity (Wildman–Crippen MR) is 88.2 cm³/mol. The first-order valence-corrected chi connectivity index (χ1v) is 8.54. The van der Waals surface area contributed by atoms with Gasteiger partial charge >= 0.3 is 5.97 Å². The van der Waals surface area contributed by atoms with E-state index in [2.05, 4.69) is 0 Å². The SMILES string of the molecule is CCOC(=O)C1CCN([C@H]2CC(=O)N(c3cccc(F)c3)C2=O)CC1. The number of imide groups is 1. The highest BCUT2D eigenvalue weighted by atomic mass is 19.1. The fourth-order valence-electron chi connectivity index (χ4n) is 3.49. The second-order valence-electron chi connectivity index (χ2n) is 6.33. The number of hydrogen-bond acceptors (Lipinski definition) is 5. The van der Waals surface area contributed by atoms with E-state index in [1.807, 2.05) is 4.90 Å². The summed E-state index contributed by atoms with van der Waals surface area (Å²) in [6, 6.07) is 4.94. The number of piperidine rings is 1. The highest BCUT2D eigenvalue weighted by Crippen LogP contribution is 2.29. The number of halogens is 1. The Labute approximate surface area is 145 Å². The molecule has 2 fully saturated rings. The molecular formula is C18H21FN2O4. The first-order chi connectivity index (χ1) is 12.0. The molecule has 6 nitrogen and oxygen atoms in total. The van der Waals surface area contributed by atoms with E-state index in [0.29, 0.717) is 32.5 Å². The van der Waals surface area contributed by atoms with Crippen molar-refractivity contribution in [1.82, 2.24) is 4.90 Å². The summed E-state index contributed by atoms with van der Waals surface area (Å²) < 4.78 is 18.4. The van der Waals surface area contributed by atoms with Crippen molar-refractivity contribution in [3.8, 4) is 0 Å². The maximum Gasteiger partial charge on any atom is 0.309 e. The third-order valence-corrected chi connectivity index (χ3v) is 4.78. The second kappa shape index (κ2) is 7.31. The summed E-state index contributed by atoms with van der Waals surface area (Å²) in [5.74, 6) is -1.49. The highest BCUT2D eigenvalue weighted by Gasteiger charge is 2.44. The van der Waals surface area contributed by atoms with E-state index in [1.54, 1.807) is 13.0 Å². The normalized spacial score (nSPS) is 22.5. The smallest absolute Gasteiger partial charge is 0.309 e. The van der Waals surface area contributed by atoms with Gasteiger partial charge < -0.3 is 4.74 Å². The molecule has 1 atom stereocenters. The highest BCUT2D eigenvalue weighted by molar-refractivity contribution is 6.22. The van der Waals surface area contributed by atoms with Gasteiger partial charge in [-0.15, -0.1) is 0 Å². The lowest BCUT2D eigenvalue weighted by atomic mass is 9.95. The van der Waals surface area contributed by atoms with E-state index in [4.69, 9.17) is 4.74 Å². The number of esters is 1. The van der Waals surface area contributed by atoms with Crippen LogP contribution in [0, 0.1) is 11.7 Å². The number of carbonyl (C=O) groups is 3. The molecule has 2 aliphatic rings. The molecular weight excluding hydrogens is 327 g/mol. The molecule has 2 saturated heterocycles. The molecule has 134 valence electrons. The molecule has 3 rings (SSSR count). The molecule has 2 heterocycles. The van der Waals surface area contributed by atoms with Crippen molar-refractivity contribution in [2.75, 3.05) is 24.6 Å². The average Bonchev–Trinajstić information content (AvgIpc) is 2.90. The van der Waals surface area contributed by atoms with Gasteiger partial charge in [-0.2, -0.15) is 0 Å². The van der Waals surface area contributed by atoms with E-state index in [1.165, 1.54) is 18.2 Å². The Kier molecular flexibility index (Phi) is 5.13. The predicted octanol–water partition coefficient (Wildman–Crippen LogP) is 1.73. The van der Waals surface area contributed by atoms with Crippen molar-refractivity contribution < 1.29 is 23.5 Å². The van der Waals surface area contributed by atoms with Crippen molar-refractivity contribution in [3.63, 3.8) is 0 Å². The first-order valence-electron chi connectivity index (χ1n) is 8.54. The van der Waals surface area contributed by atoms with Gasteiger partial charge in [0.2, 0.25) is 5.91 Å². The Morgan fingerprint density at radius 3 is 2.64 bits per heavy atom. The maximum atomic E-state index is 13.4. The molecule has 2 aliphatic heterocycles. The Hall–Kier alpha value is -2.28. The number of likely N-dealkylation sites (tertiary alicyclic amines) is 1. The lowest BCUT2D eigenvalue weighted by Crippen LogP contribution is -2.47. The summed E-state index contributed by atoms with van der Waals surface area (Å²) in [4.78, 5) is 39.8. The van der Waals surface area contributed by atoms with Crippen molar-refractivity contribution in [2.24, 2.45) is 5.92 Å². The van der Waals surface area contributed by atoms with Gasteiger partial charge in [-0.25, -0.2) is 9.29 Å². The zero-order chi connectivity index (χ0) is 18.0. The molecule has 0 radical (unpaired) electrons. The summed E-state index contributed by atoms with van der Waals surface area (Å²) >= 11 is 0. The molecule has 0 saturated carbocycles. The quantitative estimate of drug-likeness (QED) is 0.612. The van der Waals surface area contributed by atoms with Crippen LogP contribution in [-0.2, 0) is 19.1 Å². The Morgan fingerprint density at radius 2 is 2.00 bits per heavy atom. The van der Waals surface area contributed by atoms with Gasteiger partial charge in [-0.3, -0.25) is 19.3 Å². The summed E-state index contributed by atoms with van der Waals surface area (Å²) in [6.45, 7) is 3.25. The minimum absolute atomic E-state index is 0.0828. The molecule has 2 amide bonds. The fourth-order valence-corrected chi connectivity index (χ4v) is 3.49. The number of anilines is 1. The van der Waals surface area contributed by atoms with Gasteiger partial charge in [0.15, 0.2) is 0 Å². The van der Waals surface area contributed by atoms with Crippen LogP contribution in [0.4, 0.5) is 10.1 Å². The Bertz CT molecular complexity index is 685. The standard InChI is InChI=1S/C18H21FN2O4/c1-2-25-18(24)12-6-8-20(9-7-12)15-11-16(22)21(17(15)23)14-5-3-4-13(19)10-14/h3-5,10,12,15H,2,6-9,11H2,1H3/t15-/m0/s1. The average molecular weight is 348 g/mol. The van der Waals surface area contributed by atoms with Crippen molar-refractivity contribution in [1.29, 1.82) is 0 Å². The Morgan fingerprint density at radius 1 is 1.28 bits per heavy atom. The molecule has 0 bridgehead atoms. The van der Waals surface area contributed by atoms with Crippen LogP contribution < -0.4 is 4.90 Å². The molecule has 1 aromatic carbocycles. The largest absolute Gasteiger partial charge is 0.466 e. The van der Waals surface area contributed by atoms with Crippen LogP contribution in [0.15, 0.2) is 24.3 Å². The van der Waals surface area contributed by atoms with Crippen molar-refractivity contribution in [2.45, 2.75) is 32.2 Å². The van der Waals surface area contributed by atoms with Crippen LogP contribution in [-0.4, -0.2) is 48.4 Å². The van der Waals surface area contributed by atoms with Crippen molar-refractivity contribution in [3.05, 3.63) is 30.1 Å². The van der Waals surface area contributed by atoms with Crippen LogP contribution >= 0.6 is 0 Å². The third-order valence-electron chi connectivity index (χ3n) is 4.78. The molecule has 25 heavy (non-hydrogen) atoms. The number of benzene rings is 1. The second-order valence-corrected chi connectivity index (χ2v) is 6.33. The monoisotopic (exact) mass is 348 g/mol. The van der Waals surface area contributed by atoms with Crippen LogP contribution in [0.1, 0.15) is 26.2 Å². The minimum atomic E-state index is -0.543. The summed E-state index contributed by atoms with van der Waals surface area (Å²) in [7, 11) is 0. The number of hydrogen-bond donors (Lipinski definition) is 0.